The summed E-state index contributed by atoms with van der Waals surface area (Å²) in [7, 11) is -3.49. The molecule has 4 rings (SSSR count). The summed E-state index contributed by atoms with van der Waals surface area (Å²) in [6.45, 7) is 2.83. The number of rotatable bonds is 5. The van der Waals surface area contributed by atoms with E-state index in [4.69, 9.17) is 4.52 Å². The summed E-state index contributed by atoms with van der Waals surface area (Å²) in [6, 6.07) is 6.12. The van der Waals surface area contributed by atoms with E-state index in [1.165, 1.54) is 16.4 Å². The van der Waals surface area contributed by atoms with Crippen molar-refractivity contribution in [3.63, 3.8) is 0 Å². The average Bonchev–Trinajstić information content (AvgIpc) is 3.44. The highest BCUT2D eigenvalue weighted by molar-refractivity contribution is 7.89. The normalized spacial score (nSPS) is 19.8. The number of aryl methyl sites for hydroxylation is 1. The Kier molecular flexibility index (Phi) is 4.96. The summed E-state index contributed by atoms with van der Waals surface area (Å²) in [5.41, 5.74) is -0.221. The molecule has 28 heavy (non-hydrogen) atoms. The number of nitrogens with one attached hydrogen (secondary N) is 1. The van der Waals surface area contributed by atoms with Crippen molar-refractivity contribution in [2.45, 2.75) is 55.9 Å². The number of sulfonamides is 1. The molecule has 1 aromatic carbocycles. The van der Waals surface area contributed by atoms with Gasteiger partial charge in [0.2, 0.25) is 15.9 Å². The lowest BCUT2D eigenvalue weighted by atomic mass is 9.96. The lowest BCUT2D eigenvalue weighted by molar-refractivity contribution is 0.0892. The lowest BCUT2D eigenvalue weighted by Gasteiger charge is -2.26. The minimum absolute atomic E-state index is 0.218. The van der Waals surface area contributed by atoms with E-state index in [1.54, 1.807) is 19.1 Å². The third-order valence-corrected chi connectivity index (χ3v) is 7.50. The quantitative estimate of drug-likeness (QED) is 0.820. The van der Waals surface area contributed by atoms with Crippen LogP contribution in [0.4, 0.5) is 0 Å². The molecule has 1 aliphatic carbocycles. The maximum Gasteiger partial charge on any atom is 0.252 e. The van der Waals surface area contributed by atoms with Gasteiger partial charge in [0.05, 0.1) is 4.90 Å². The fourth-order valence-corrected chi connectivity index (χ4v) is 5.54. The molecule has 2 heterocycles. The molecule has 1 aliphatic heterocycles. The van der Waals surface area contributed by atoms with E-state index in [9.17, 15) is 13.2 Å². The van der Waals surface area contributed by atoms with Crippen LogP contribution in [0.5, 0.6) is 0 Å². The smallest absolute Gasteiger partial charge is 0.252 e. The second-order valence-electron chi connectivity index (χ2n) is 7.52. The summed E-state index contributed by atoms with van der Waals surface area (Å²) in [4.78, 5) is 17.4. The molecule has 8 nitrogen and oxygen atoms in total. The van der Waals surface area contributed by atoms with E-state index in [0.29, 0.717) is 30.4 Å². The van der Waals surface area contributed by atoms with Crippen LogP contribution in [-0.4, -0.2) is 41.9 Å². The van der Waals surface area contributed by atoms with Gasteiger partial charge in [-0.15, -0.1) is 0 Å². The molecule has 1 saturated heterocycles. The molecule has 9 heteroatoms. The molecule has 1 aromatic heterocycles. The van der Waals surface area contributed by atoms with Crippen molar-refractivity contribution in [2.24, 2.45) is 0 Å². The van der Waals surface area contributed by atoms with Crippen LogP contribution in [0.3, 0.4) is 0 Å². The van der Waals surface area contributed by atoms with Crippen molar-refractivity contribution in [3.8, 4) is 0 Å². The van der Waals surface area contributed by atoms with Crippen LogP contribution in [0.1, 0.15) is 60.6 Å². The predicted molar refractivity (Wildman–Crippen MR) is 101 cm³/mol. The van der Waals surface area contributed by atoms with E-state index < -0.39 is 15.6 Å². The molecule has 2 aromatic rings. The predicted octanol–water partition coefficient (Wildman–Crippen LogP) is 2.36. The number of aromatic nitrogens is 2. The molecule has 2 fully saturated rings. The summed E-state index contributed by atoms with van der Waals surface area (Å²) in [5, 5.41) is 7.09. The molecule has 1 N–H and O–H groups in total. The fourth-order valence-electron chi connectivity index (χ4n) is 4.02. The third kappa shape index (κ3) is 3.44. The lowest BCUT2D eigenvalue weighted by Crippen LogP contribution is -2.44. The molecule has 150 valence electrons. The largest absolute Gasteiger partial charge is 0.340 e. The number of amides is 1. The standard InChI is InChI=1S/C19H24N4O4S/c1-14-20-18(22-27-14)19(10-2-3-11-19)21-17(24)15-6-8-16(9-7-15)28(25,26)23-12-4-5-13-23/h6-9H,2-5,10-13H2,1H3,(H,21,24). The Morgan fingerprint density at radius 3 is 2.32 bits per heavy atom. The van der Waals surface area contributed by atoms with Crippen LogP contribution in [-0.2, 0) is 15.6 Å². The summed E-state index contributed by atoms with van der Waals surface area (Å²) >= 11 is 0. The highest BCUT2D eigenvalue weighted by Crippen LogP contribution is 2.37. The van der Waals surface area contributed by atoms with E-state index in [-0.39, 0.29) is 10.8 Å². The van der Waals surface area contributed by atoms with Crippen LogP contribution >= 0.6 is 0 Å². The van der Waals surface area contributed by atoms with Crippen molar-refractivity contribution in [3.05, 3.63) is 41.5 Å². The zero-order valence-corrected chi connectivity index (χ0v) is 16.7. The van der Waals surface area contributed by atoms with Gasteiger partial charge < -0.3 is 9.84 Å². The van der Waals surface area contributed by atoms with Crippen molar-refractivity contribution in [2.75, 3.05) is 13.1 Å². The molecule has 2 aliphatic rings. The van der Waals surface area contributed by atoms with Gasteiger partial charge in [0.15, 0.2) is 5.82 Å². The highest BCUT2D eigenvalue weighted by atomic mass is 32.2. The van der Waals surface area contributed by atoms with Gasteiger partial charge in [-0.1, -0.05) is 18.0 Å². The van der Waals surface area contributed by atoms with Crippen molar-refractivity contribution in [1.82, 2.24) is 19.8 Å². The van der Waals surface area contributed by atoms with E-state index in [2.05, 4.69) is 15.5 Å². The number of hydrogen-bond donors (Lipinski definition) is 1. The van der Waals surface area contributed by atoms with E-state index in [1.807, 2.05) is 0 Å². The van der Waals surface area contributed by atoms with Crippen LogP contribution in [0.25, 0.3) is 0 Å². The first-order valence-corrected chi connectivity index (χ1v) is 11.1. The number of nitrogens with zero attached hydrogens (tertiary/aromatic N) is 3. The van der Waals surface area contributed by atoms with Gasteiger partial charge in [-0.05, 0) is 49.9 Å². The molecule has 0 atom stereocenters. The fraction of sp³-hybridized carbons (Fsp3) is 0.526. The number of benzene rings is 1. The Hall–Kier alpha value is -2.26. The molecule has 0 radical (unpaired) electrons. The average molecular weight is 404 g/mol. The highest BCUT2D eigenvalue weighted by Gasteiger charge is 2.41. The van der Waals surface area contributed by atoms with E-state index >= 15 is 0 Å². The SMILES string of the molecule is Cc1nc(C2(NC(=O)c3ccc(S(=O)(=O)N4CCCC4)cc3)CCCC2)no1. The Morgan fingerprint density at radius 2 is 1.75 bits per heavy atom. The first-order chi connectivity index (χ1) is 13.4. The maximum absolute atomic E-state index is 12.8. The molecule has 1 saturated carbocycles. The second-order valence-corrected chi connectivity index (χ2v) is 9.45. The molecule has 0 bridgehead atoms. The summed E-state index contributed by atoms with van der Waals surface area (Å²) < 4.78 is 31.9. The molecular formula is C19H24N4O4S. The van der Waals surface area contributed by atoms with Crippen LogP contribution < -0.4 is 5.32 Å². The molecule has 0 unspecified atom stereocenters. The zero-order chi connectivity index (χ0) is 19.8. The molecular weight excluding hydrogens is 380 g/mol. The Labute approximate surface area is 164 Å². The molecule has 0 spiro atoms. The monoisotopic (exact) mass is 404 g/mol. The van der Waals surface area contributed by atoms with Crippen LogP contribution in [0.15, 0.2) is 33.7 Å². The minimum atomic E-state index is -3.49. The number of hydrogen-bond acceptors (Lipinski definition) is 6. The zero-order valence-electron chi connectivity index (χ0n) is 15.8. The van der Waals surface area contributed by atoms with Gasteiger partial charge in [-0.3, -0.25) is 4.79 Å². The first-order valence-electron chi connectivity index (χ1n) is 9.64. The summed E-state index contributed by atoms with van der Waals surface area (Å²) in [6.07, 6.45) is 5.22. The number of carbonyl (C=O) groups is 1. The minimum Gasteiger partial charge on any atom is -0.340 e. The van der Waals surface area contributed by atoms with Crippen molar-refractivity contribution in [1.29, 1.82) is 0 Å². The maximum atomic E-state index is 12.8. The summed E-state index contributed by atoms with van der Waals surface area (Å²) in [5.74, 6) is 0.700. The van der Waals surface area contributed by atoms with Crippen molar-refractivity contribution < 1.29 is 17.7 Å². The van der Waals surface area contributed by atoms with Gasteiger partial charge >= 0.3 is 0 Å². The Morgan fingerprint density at radius 1 is 1.11 bits per heavy atom. The second kappa shape index (κ2) is 7.29. The first kappa shape index (κ1) is 19.1. The van der Waals surface area contributed by atoms with Gasteiger partial charge in [-0.2, -0.15) is 9.29 Å². The van der Waals surface area contributed by atoms with Crippen LogP contribution in [0, 0.1) is 6.92 Å². The van der Waals surface area contributed by atoms with Crippen molar-refractivity contribution >= 4 is 15.9 Å². The van der Waals surface area contributed by atoms with Crippen LogP contribution in [0.2, 0.25) is 0 Å². The topological polar surface area (TPSA) is 105 Å². The van der Waals surface area contributed by atoms with Gasteiger partial charge in [0, 0.05) is 25.6 Å². The Balaban J connectivity index is 1.53. The number of carbonyl (C=O) groups excluding carboxylic acids is 1. The molecule has 1 amide bonds. The third-order valence-electron chi connectivity index (χ3n) is 5.58. The van der Waals surface area contributed by atoms with E-state index in [0.717, 1.165) is 38.5 Å². The Bertz CT molecular complexity index is 956. The van der Waals surface area contributed by atoms with Gasteiger partial charge in [0.1, 0.15) is 5.54 Å². The van der Waals surface area contributed by atoms with Gasteiger partial charge in [0.25, 0.3) is 5.91 Å². The van der Waals surface area contributed by atoms with Gasteiger partial charge in [-0.25, -0.2) is 8.42 Å².